The van der Waals surface area contributed by atoms with E-state index >= 15 is 0 Å². The zero-order valence-electron chi connectivity index (χ0n) is 7.66. The summed E-state index contributed by atoms with van der Waals surface area (Å²) < 4.78 is 6.42. The molecular weight excluding hydrogens is 228 g/mol. The first kappa shape index (κ1) is 10.5. The summed E-state index contributed by atoms with van der Waals surface area (Å²) in [5.74, 6) is 0. The standard InChI is InChI=1S/C11H13BrO/c1-3-4-11(13-2)9-5-7-10(12)8-6-9/h3,5-8,11H,1,4H2,2H3. The van der Waals surface area contributed by atoms with Gasteiger partial charge < -0.3 is 4.74 Å². The normalized spacial score (nSPS) is 12.5. The van der Waals surface area contributed by atoms with Crippen LogP contribution in [0.3, 0.4) is 0 Å². The number of methoxy groups -OCH3 is 1. The fraction of sp³-hybridized carbons (Fsp3) is 0.273. The lowest BCUT2D eigenvalue weighted by Crippen LogP contribution is -1.99. The van der Waals surface area contributed by atoms with Gasteiger partial charge in [0.1, 0.15) is 0 Å². The van der Waals surface area contributed by atoms with Crippen LogP contribution in [-0.4, -0.2) is 7.11 Å². The van der Waals surface area contributed by atoms with Gasteiger partial charge in [-0.1, -0.05) is 34.1 Å². The van der Waals surface area contributed by atoms with Crippen LogP contribution in [-0.2, 0) is 4.74 Å². The van der Waals surface area contributed by atoms with E-state index in [4.69, 9.17) is 4.74 Å². The molecule has 1 rings (SSSR count). The van der Waals surface area contributed by atoms with Gasteiger partial charge in [-0.25, -0.2) is 0 Å². The minimum atomic E-state index is 0.130. The summed E-state index contributed by atoms with van der Waals surface area (Å²) in [5, 5.41) is 0. The lowest BCUT2D eigenvalue weighted by molar-refractivity contribution is 0.106. The van der Waals surface area contributed by atoms with Crippen molar-refractivity contribution in [2.45, 2.75) is 12.5 Å². The summed E-state index contributed by atoms with van der Waals surface area (Å²) in [4.78, 5) is 0. The van der Waals surface area contributed by atoms with Gasteiger partial charge in [0.2, 0.25) is 0 Å². The molecule has 0 N–H and O–H groups in total. The summed E-state index contributed by atoms with van der Waals surface area (Å²) in [6.45, 7) is 3.70. The molecule has 0 amide bonds. The molecule has 0 radical (unpaired) electrons. The Morgan fingerprint density at radius 3 is 2.54 bits per heavy atom. The average Bonchev–Trinajstić information content (AvgIpc) is 2.16. The summed E-state index contributed by atoms with van der Waals surface area (Å²) in [7, 11) is 1.72. The van der Waals surface area contributed by atoms with Crippen molar-refractivity contribution in [3.8, 4) is 0 Å². The van der Waals surface area contributed by atoms with E-state index in [1.165, 1.54) is 5.56 Å². The molecule has 1 aromatic carbocycles. The second-order valence-electron chi connectivity index (χ2n) is 2.80. The fourth-order valence-corrected chi connectivity index (χ4v) is 1.46. The first-order valence-corrected chi connectivity index (χ1v) is 4.96. The molecule has 13 heavy (non-hydrogen) atoms. The Morgan fingerprint density at radius 1 is 1.46 bits per heavy atom. The lowest BCUT2D eigenvalue weighted by Gasteiger charge is -2.13. The van der Waals surface area contributed by atoms with Gasteiger partial charge in [0, 0.05) is 11.6 Å². The Balaban J connectivity index is 2.78. The van der Waals surface area contributed by atoms with Gasteiger partial charge in [0.15, 0.2) is 0 Å². The minimum Gasteiger partial charge on any atom is -0.376 e. The smallest absolute Gasteiger partial charge is 0.0855 e. The Kier molecular flexibility index (Phi) is 4.19. The van der Waals surface area contributed by atoms with Crippen LogP contribution in [0.4, 0.5) is 0 Å². The van der Waals surface area contributed by atoms with Crippen molar-refractivity contribution in [3.05, 3.63) is 47.0 Å². The molecule has 0 aliphatic rings. The van der Waals surface area contributed by atoms with Crippen LogP contribution in [0.2, 0.25) is 0 Å². The highest BCUT2D eigenvalue weighted by molar-refractivity contribution is 9.10. The molecular formula is C11H13BrO. The van der Waals surface area contributed by atoms with Crippen molar-refractivity contribution < 1.29 is 4.74 Å². The molecule has 0 saturated carbocycles. The molecule has 0 bridgehead atoms. The maximum Gasteiger partial charge on any atom is 0.0855 e. The third-order valence-electron chi connectivity index (χ3n) is 1.91. The largest absolute Gasteiger partial charge is 0.376 e. The van der Waals surface area contributed by atoms with Crippen LogP contribution in [0.5, 0.6) is 0 Å². The summed E-state index contributed by atoms with van der Waals surface area (Å²) in [5.41, 5.74) is 1.19. The van der Waals surface area contributed by atoms with Crippen molar-refractivity contribution >= 4 is 15.9 Å². The van der Waals surface area contributed by atoms with Gasteiger partial charge in [-0.05, 0) is 24.1 Å². The molecule has 0 spiro atoms. The summed E-state index contributed by atoms with van der Waals surface area (Å²) >= 11 is 3.39. The van der Waals surface area contributed by atoms with Crippen LogP contribution < -0.4 is 0 Å². The third-order valence-corrected chi connectivity index (χ3v) is 2.44. The highest BCUT2D eigenvalue weighted by Gasteiger charge is 2.07. The molecule has 1 aromatic rings. The highest BCUT2D eigenvalue weighted by atomic mass is 79.9. The number of benzene rings is 1. The summed E-state index contributed by atoms with van der Waals surface area (Å²) in [6.07, 6.45) is 2.85. The molecule has 0 aromatic heterocycles. The number of hydrogen-bond donors (Lipinski definition) is 0. The Labute approximate surface area is 87.5 Å². The fourth-order valence-electron chi connectivity index (χ4n) is 1.20. The van der Waals surface area contributed by atoms with E-state index in [-0.39, 0.29) is 6.10 Å². The van der Waals surface area contributed by atoms with Crippen LogP contribution in [0, 0.1) is 0 Å². The van der Waals surface area contributed by atoms with Crippen molar-refractivity contribution in [2.24, 2.45) is 0 Å². The second-order valence-corrected chi connectivity index (χ2v) is 3.72. The monoisotopic (exact) mass is 240 g/mol. The van der Waals surface area contributed by atoms with Gasteiger partial charge in [0.05, 0.1) is 6.10 Å². The Hall–Kier alpha value is -0.600. The van der Waals surface area contributed by atoms with Crippen LogP contribution in [0.25, 0.3) is 0 Å². The van der Waals surface area contributed by atoms with E-state index in [0.717, 1.165) is 10.9 Å². The van der Waals surface area contributed by atoms with Crippen LogP contribution in [0.15, 0.2) is 41.4 Å². The zero-order chi connectivity index (χ0) is 9.68. The van der Waals surface area contributed by atoms with Crippen LogP contribution in [0.1, 0.15) is 18.1 Å². The molecule has 0 aliphatic heterocycles. The second kappa shape index (κ2) is 5.20. The molecule has 0 heterocycles. The molecule has 0 aliphatic carbocycles. The SMILES string of the molecule is C=CCC(OC)c1ccc(Br)cc1. The third kappa shape index (κ3) is 2.98. The van der Waals surface area contributed by atoms with E-state index < -0.39 is 0 Å². The molecule has 1 unspecified atom stereocenters. The van der Waals surface area contributed by atoms with Crippen molar-refractivity contribution in [1.82, 2.24) is 0 Å². The Morgan fingerprint density at radius 2 is 2.08 bits per heavy atom. The lowest BCUT2D eigenvalue weighted by atomic mass is 10.1. The molecule has 2 heteroatoms. The van der Waals surface area contributed by atoms with Gasteiger partial charge in [-0.15, -0.1) is 6.58 Å². The van der Waals surface area contributed by atoms with Crippen LogP contribution >= 0.6 is 15.9 Å². The maximum atomic E-state index is 5.33. The topological polar surface area (TPSA) is 9.23 Å². The van der Waals surface area contributed by atoms with E-state index in [1.807, 2.05) is 18.2 Å². The van der Waals surface area contributed by atoms with Gasteiger partial charge in [-0.2, -0.15) is 0 Å². The predicted octanol–water partition coefficient (Wildman–Crippen LogP) is 3.71. The van der Waals surface area contributed by atoms with E-state index in [9.17, 15) is 0 Å². The van der Waals surface area contributed by atoms with E-state index in [1.54, 1.807) is 7.11 Å². The van der Waals surface area contributed by atoms with E-state index in [0.29, 0.717) is 0 Å². The number of hydrogen-bond acceptors (Lipinski definition) is 1. The minimum absolute atomic E-state index is 0.130. The number of ether oxygens (including phenoxy) is 1. The maximum absolute atomic E-state index is 5.33. The average molecular weight is 241 g/mol. The van der Waals surface area contributed by atoms with Crippen molar-refractivity contribution in [1.29, 1.82) is 0 Å². The quantitative estimate of drug-likeness (QED) is 0.730. The Bertz CT molecular complexity index is 266. The molecule has 0 fully saturated rings. The first-order chi connectivity index (χ1) is 6.27. The van der Waals surface area contributed by atoms with Gasteiger partial charge >= 0.3 is 0 Å². The predicted molar refractivity (Wildman–Crippen MR) is 58.7 cm³/mol. The van der Waals surface area contributed by atoms with Crippen molar-refractivity contribution in [2.75, 3.05) is 7.11 Å². The number of rotatable bonds is 4. The van der Waals surface area contributed by atoms with E-state index in [2.05, 4.69) is 34.6 Å². The van der Waals surface area contributed by atoms with Crippen molar-refractivity contribution in [3.63, 3.8) is 0 Å². The number of halogens is 1. The molecule has 1 nitrogen and oxygen atoms in total. The molecule has 0 saturated heterocycles. The van der Waals surface area contributed by atoms with Gasteiger partial charge in [-0.3, -0.25) is 0 Å². The van der Waals surface area contributed by atoms with Gasteiger partial charge in [0.25, 0.3) is 0 Å². The molecule has 70 valence electrons. The summed E-state index contributed by atoms with van der Waals surface area (Å²) in [6, 6.07) is 8.15. The first-order valence-electron chi connectivity index (χ1n) is 4.17. The zero-order valence-corrected chi connectivity index (χ0v) is 9.25. The highest BCUT2D eigenvalue weighted by Crippen LogP contribution is 2.22. The molecule has 1 atom stereocenters.